The van der Waals surface area contributed by atoms with Gasteiger partial charge in [-0.1, -0.05) is 13.3 Å². The summed E-state index contributed by atoms with van der Waals surface area (Å²) >= 11 is 0. The highest BCUT2D eigenvalue weighted by atomic mass is 16.4. The lowest BCUT2D eigenvalue weighted by molar-refractivity contribution is 0.186. The van der Waals surface area contributed by atoms with Gasteiger partial charge >= 0.3 is 0 Å². The third-order valence-corrected chi connectivity index (χ3v) is 0.759. The van der Waals surface area contributed by atoms with E-state index in [1.807, 2.05) is 6.08 Å². The molecule has 0 aromatic rings. The number of allylic oxidation sites excluding steroid dienone is 2. The number of unbranched alkanes of at least 4 members (excludes halogenated alkanes) is 1. The van der Waals surface area contributed by atoms with E-state index in [4.69, 9.17) is 0 Å². The lowest BCUT2D eigenvalue weighted by Crippen LogP contribution is -1.67. The Balaban J connectivity index is 3.07. The first-order chi connectivity index (χ1) is 3.91. The van der Waals surface area contributed by atoms with E-state index in [0.717, 1.165) is 6.42 Å². The van der Waals surface area contributed by atoms with Crippen LogP contribution in [0.15, 0.2) is 12.2 Å². The van der Waals surface area contributed by atoms with Gasteiger partial charge in [0.2, 0.25) is 13.4 Å². The molecule has 0 saturated carbocycles. The molecule has 0 atom stereocenters. The minimum absolute atomic E-state index is 1.11. The van der Waals surface area contributed by atoms with Crippen molar-refractivity contribution in [2.24, 2.45) is 0 Å². The standard InChI is InChI=1S/C7H12O/c1-3-4-5-6-7-8-2/h5-6H,3-4H2,1-2H3/b6-5+. The van der Waals surface area contributed by atoms with Gasteiger partial charge in [0, 0.05) is 0 Å². The summed E-state index contributed by atoms with van der Waals surface area (Å²) in [5.74, 6) is 0. The summed E-state index contributed by atoms with van der Waals surface area (Å²) in [6.07, 6.45) is 8.72. The van der Waals surface area contributed by atoms with Crippen molar-refractivity contribution in [2.75, 3.05) is 7.11 Å². The predicted octanol–water partition coefficient (Wildman–Crippen LogP) is 1.62. The second-order valence-electron chi connectivity index (χ2n) is 1.51. The van der Waals surface area contributed by atoms with Crippen LogP contribution in [0.2, 0.25) is 0 Å². The van der Waals surface area contributed by atoms with Gasteiger partial charge in [0.05, 0.1) is 0 Å². The Hall–Kier alpha value is -0.590. The molecule has 0 aliphatic rings. The maximum absolute atomic E-state index is 4.55. The van der Waals surface area contributed by atoms with E-state index in [-0.39, 0.29) is 0 Å². The van der Waals surface area contributed by atoms with Gasteiger partial charge in [-0.2, -0.15) is 0 Å². The molecule has 0 aromatic heterocycles. The lowest BCUT2D eigenvalue weighted by atomic mass is 10.3. The first-order valence-corrected chi connectivity index (χ1v) is 2.85. The zero-order valence-corrected chi connectivity index (χ0v) is 5.48. The maximum Gasteiger partial charge on any atom is 0.229 e. The van der Waals surface area contributed by atoms with Crippen LogP contribution in [-0.4, -0.2) is 13.4 Å². The molecular weight excluding hydrogens is 100 g/mol. The first-order valence-electron chi connectivity index (χ1n) is 2.85. The third kappa shape index (κ3) is 5.41. The molecule has 46 valence electrons. The minimum Gasteiger partial charge on any atom is -0.355 e. The monoisotopic (exact) mass is 112 g/mol. The Morgan fingerprint density at radius 3 is 2.88 bits per heavy atom. The van der Waals surface area contributed by atoms with Gasteiger partial charge in [0.1, 0.15) is 0 Å². The largest absolute Gasteiger partial charge is 0.355 e. The molecule has 1 heteroatoms. The molecule has 8 heavy (non-hydrogen) atoms. The van der Waals surface area contributed by atoms with Crippen molar-refractivity contribution in [3.63, 3.8) is 0 Å². The van der Waals surface area contributed by atoms with E-state index < -0.39 is 0 Å². The van der Waals surface area contributed by atoms with E-state index >= 15 is 0 Å². The Labute approximate surface area is 50.7 Å². The topological polar surface area (TPSA) is 11.3 Å². The highest BCUT2D eigenvalue weighted by Gasteiger charge is 1.63. The molecule has 0 N–H and O–H groups in total. The third-order valence-electron chi connectivity index (χ3n) is 0.759. The van der Waals surface area contributed by atoms with Crippen LogP contribution < -0.4 is 0 Å². The summed E-state index contributed by atoms with van der Waals surface area (Å²) in [6, 6.07) is 0. The first kappa shape index (κ1) is 7.41. The Bertz CT molecular complexity index is 82.4. The Kier molecular flexibility index (Phi) is 5.94. The van der Waals surface area contributed by atoms with Crippen molar-refractivity contribution < 1.29 is 4.42 Å². The maximum atomic E-state index is 4.55. The predicted molar refractivity (Wildman–Crippen MR) is 35.7 cm³/mol. The molecule has 0 rings (SSSR count). The Morgan fingerprint density at radius 2 is 2.38 bits per heavy atom. The quantitative estimate of drug-likeness (QED) is 0.298. The van der Waals surface area contributed by atoms with Crippen LogP contribution in [-0.2, 0) is 4.42 Å². The molecule has 0 unspecified atom stereocenters. The second kappa shape index (κ2) is 6.41. The summed E-state index contributed by atoms with van der Waals surface area (Å²) < 4.78 is 4.55. The summed E-state index contributed by atoms with van der Waals surface area (Å²) in [7, 11) is 1.59. The van der Waals surface area contributed by atoms with Crippen LogP contribution in [0.25, 0.3) is 0 Å². The van der Waals surface area contributed by atoms with Gasteiger partial charge < -0.3 is 4.42 Å². The highest BCUT2D eigenvalue weighted by molar-refractivity contribution is 5.65. The van der Waals surface area contributed by atoms with Crippen molar-refractivity contribution >= 4 is 6.29 Å². The van der Waals surface area contributed by atoms with Crippen LogP contribution in [0.1, 0.15) is 19.8 Å². The van der Waals surface area contributed by atoms with Crippen LogP contribution >= 0.6 is 0 Å². The second-order valence-corrected chi connectivity index (χ2v) is 1.51. The highest BCUT2D eigenvalue weighted by Crippen LogP contribution is 1.85. The van der Waals surface area contributed by atoms with Gasteiger partial charge in [-0.15, -0.1) is 12.5 Å². The molecule has 0 aromatic carbocycles. The number of hydrogen-bond donors (Lipinski definition) is 0. The molecule has 0 saturated heterocycles. The lowest BCUT2D eigenvalue weighted by Gasteiger charge is -1.83. The molecular formula is C7H12O. The number of carbonyl (C=O) groups excluding carboxylic acids is 1. The smallest absolute Gasteiger partial charge is 0.229 e. The van der Waals surface area contributed by atoms with Crippen molar-refractivity contribution in [1.29, 1.82) is 0 Å². The van der Waals surface area contributed by atoms with Crippen molar-refractivity contribution in [3.05, 3.63) is 12.2 Å². The average Bonchev–Trinajstić information content (AvgIpc) is 1.81. The SMILES string of the molecule is CCC/C=C/[C-]=[O+]C. The van der Waals surface area contributed by atoms with E-state index in [0.29, 0.717) is 0 Å². The van der Waals surface area contributed by atoms with Gasteiger partial charge in [0.15, 0.2) is 0 Å². The fraction of sp³-hybridized carbons (Fsp3) is 0.571. The molecule has 0 fully saturated rings. The van der Waals surface area contributed by atoms with E-state index in [2.05, 4.69) is 17.6 Å². The molecule has 0 heterocycles. The van der Waals surface area contributed by atoms with Gasteiger partial charge in [-0.3, -0.25) is 0 Å². The van der Waals surface area contributed by atoms with Crippen LogP contribution in [0.4, 0.5) is 0 Å². The molecule has 0 aliphatic carbocycles. The van der Waals surface area contributed by atoms with Crippen molar-refractivity contribution in [3.8, 4) is 0 Å². The van der Waals surface area contributed by atoms with Crippen LogP contribution in [0, 0.1) is 0 Å². The molecule has 0 aliphatic heterocycles. The molecule has 0 spiro atoms. The van der Waals surface area contributed by atoms with Gasteiger partial charge in [-0.05, 0) is 0 Å². The summed E-state index contributed by atoms with van der Waals surface area (Å²) in [5, 5.41) is 0. The van der Waals surface area contributed by atoms with E-state index in [1.165, 1.54) is 6.42 Å². The van der Waals surface area contributed by atoms with Gasteiger partial charge in [0.25, 0.3) is 0 Å². The number of rotatable bonds is 3. The normalized spacial score (nSPS) is 11.8. The Morgan fingerprint density at radius 1 is 1.62 bits per heavy atom. The summed E-state index contributed by atoms with van der Waals surface area (Å²) in [4.78, 5) is 0. The molecule has 0 amide bonds. The van der Waals surface area contributed by atoms with Crippen molar-refractivity contribution in [1.82, 2.24) is 0 Å². The fourth-order valence-corrected chi connectivity index (χ4v) is 0.366. The minimum atomic E-state index is 1.11. The molecule has 1 nitrogen and oxygen atoms in total. The molecule has 0 bridgehead atoms. The van der Waals surface area contributed by atoms with Crippen LogP contribution in [0.5, 0.6) is 0 Å². The zero-order chi connectivity index (χ0) is 6.24. The fourth-order valence-electron chi connectivity index (χ4n) is 0.366. The molecule has 0 radical (unpaired) electrons. The van der Waals surface area contributed by atoms with E-state index in [1.54, 1.807) is 13.2 Å². The van der Waals surface area contributed by atoms with Crippen molar-refractivity contribution in [2.45, 2.75) is 19.8 Å². The average molecular weight is 112 g/mol. The zero-order valence-electron chi connectivity index (χ0n) is 5.48. The van der Waals surface area contributed by atoms with E-state index in [9.17, 15) is 0 Å². The number of hydrogen-bond acceptors (Lipinski definition) is 0. The summed E-state index contributed by atoms with van der Waals surface area (Å²) in [5.41, 5.74) is 0. The van der Waals surface area contributed by atoms with Gasteiger partial charge in [-0.25, -0.2) is 6.08 Å². The summed E-state index contributed by atoms with van der Waals surface area (Å²) in [6.45, 7) is 2.14. The van der Waals surface area contributed by atoms with Crippen LogP contribution in [0.3, 0.4) is 0 Å².